The molecule has 0 aromatic carbocycles. The van der Waals surface area contributed by atoms with Crippen molar-refractivity contribution in [3.63, 3.8) is 0 Å². The highest BCUT2D eigenvalue weighted by atomic mass is 32.2. The van der Waals surface area contributed by atoms with Gasteiger partial charge in [-0.25, -0.2) is 4.21 Å². The first-order valence-corrected chi connectivity index (χ1v) is 6.78. The molecule has 1 saturated carbocycles. The van der Waals surface area contributed by atoms with E-state index in [2.05, 4.69) is 0 Å². The summed E-state index contributed by atoms with van der Waals surface area (Å²) in [5, 5.41) is 0. The smallest absolute Gasteiger partial charge is 0.0441 e. The highest BCUT2D eigenvalue weighted by Crippen LogP contribution is 2.24. The molecule has 3 heteroatoms. The quantitative estimate of drug-likeness (QED) is 0.728. The summed E-state index contributed by atoms with van der Waals surface area (Å²) < 4.78 is 19.0. The average molecular weight is 189 g/mol. The highest BCUT2D eigenvalue weighted by molar-refractivity contribution is 7.92. The second kappa shape index (κ2) is 4.26. The van der Waals surface area contributed by atoms with Crippen LogP contribution < -0.4 is 0 Å². The summed E-state index contributed by atoms with van der Waals surface area (Å²) in [4.78, 5) is 0. The molecule has 0 bridgehead atoms. The lowest BCUT2D eigenvalue weighted by Crippen LogP contribution is -2.18. The molecule has 72 valence electrons. The Labute approximate surface area is 75.7 Å². The summed E-state index contributed by atoms with van der Waals surface area (Å²) in [7, 11) is -2.22. The van der Waals surface area contributed by atoms with Crippen molar-refractivity contribution in [3.8, 4) is 0 Å². The van der Waals surface area contributed by atoms with Crippen molar-refractivity contribution in [2.45, 2.75) is 39.0 Å². The van der Waals surface area contributed by atoms with Gasteiger partial charge in [0.05, 0.1) is 0 Å². The Kier molecular flexibility index (Phi) is 3.56. The molecule has 1 aliphatic carbocycles. The number of hydrogen-bond acceptors (Lipinski definition) is 2. The normalized spacial score (nSPS) is 25.1. The summed E-state index contributed by atoms with van der Waals surface area (Å²) in [6.45, 7) is 1.86. The van der Waals surface area contributed by atoms with Gasteiger partial charge in [-0.1, -0.05) is 26.2 Å². The lowest BCUT2D eigenvalue weighted by molar-refractivity contribution is 0.388. The number of rotatable bonds is 3. The van der Waals surface area contributed by atoms with Crippen molar-refractivity contribution in [2.24, 2.45) is 5.92 Å². The van der Waals surface area contributed by atoms with Crippen molar-refractivity contribution in [1.82, 2.24) is 0 Å². The van der Waals surface area contributed by atoms with Gasteiger partial charge >= 0.3 is 0 Å². The van der Waals surface area contributed by atoms with Crippen molar-refractivity contribution < 1.29 is 4.21 Å². The van der Waals surface area contributed by atoms with E-state index in [1.807, 2.05) is 6.92 Å². The van der Waals surface area contributed by atoms with Crippen molar-refractivity contribution in [2.75, 3.05) is 11.5 Å². The van der Waals surface area contributed by atoms with E-state index in [1.54, 1.807) is 0 Å². The van der Waals surface area contributed by atoms with Crippen molar-refractivity contribution in [3.05, 3.63) is 0 Å². The first kappa shape index (κ1) is 10.0. The van der Waals surface area contributed by atoms with Crippen LogP contribution in [0.4, 0.5) is 0 Å². The van der Waals surface area contributed by atoms with Gasteiger partial charge in [-0.05, 0) is 18.8 Å². The maximum absolute atomic E-state index is 11.5. The Morgan fingerprint density at radius 1 is 1.33 bits per heavy atom. The molecule has 1 unspecified atom stereocenters. The first-order valence-electron chi connectivity index (χ1n) is 4.88. The monoisotopic (exact) mass is 189 g/mol. The molecule has 1 N–H and O–H groups in total. The minimum Gasteiger partial charge on any atom is -0.253 e. The molecule has 2 nitrogen and oxygen atoms in total. The predicted molar refractivity (Wildman–Crippen MR) is 52.8 cm³/mol. The molecule has 0 radical (unpaired) electrons. The van der Waals surface area contributed by atoms with Crippen LogP contribution in [0.1, 0.15) is 39.0 Å². The van der Waals surface area contributed by atoms with Crippen LogP contribution in [0.3, 0.4) is 0 Å². The van der Waals surface area contributed by atoms with Gasteiger partial charge in [-0.15, -0.1) is 0 Å². The molecule has 0 aromatic rings. The third-order valence-electron chi connectivity index (χ3n) is 2.70. The maximum atomic E-state index is 11.5. The van der Waals surface area contributed by atoms with Gasteiger partial charge in [0.25, 0.3) is 0 Å². The Bertz CT molecular complexity index is 215. The maximum Gasteiger partial charge on any atom is 0.0441 e. The molecular weight excluding hydrogens is 170 g/mol. The van der Waals surface area contributed by atoms with E-state index in [0.29, 0.717) is 17.4 Å². The average Bonchev–Trinajstić information content (AvgIpc) is 2.06. The Morgan fingerprint density at radius 3 is 2.42 bits per heavy atom. The predicted octanol–water partition coefficient (Wildman–Crippen LogP) is 2.63. The van der Waals surface area contributed by atoms with Gasteiger partial charge in [0.15, 0.2) is 0 Å². The molecular formula is C9H19NOS. The van der Waals surface area contributed by atoms with Crippen LogP contribution in [0.2, 0.25) is 0 Å². The Hall–Kier alpha value is -0.0500. The molecule has 0 amide bonds. The second-order valence-corrected chi connectivity index (χ2v) is 6.31. The van der Waals surface area contributed by atoms with E-state index < -0.39 is 9.73 Å². The number of nitrogens with one attached hydrogen (secondary N) is 1. The van der Waals surface area contributed by atoms with Gasteiger partial charge in [0.2, 0.25) is 0 Å². The van der Waals surface area contributed by atoms with Crippen LogP contribution in [-0.2, 0) is 9.73 Å². The van der Waals surface area contributed by atoms with E-state index in [1.165, 1.54) is 32.1 Å². The topological polar surface area (TPSA) is 40.9 Å². The molecule has 1 atom stereocenters. The van der Waals surface area contributed by atoms with Crippen molar-refractivity contribution >= 4 is 9.73 Å². The standard InChI is InChI=1S/C9H19NOS/c1-2-12(10,11)8-9-6-4-3-5-7-9/h9-10H,2-8H2,1H3. The van der Waals surface area contributed by atoms with E-state index >= 15 is 0 Å². The number of hydrogen-bond donors (Lipinski definition) is 1. The molecule has 1 fully saturated rings. The zero-order valence-electron chi connectivity index (χ0n) is 7.84. The summed E-state index contributed by atoms with van der Waals surface area (Å²) in [5.41, 5.74) is 0. The fraction of sp³-hybridized carbons (Fsp3) is 1.00. The van der Waals surface area contributed by atoms with Crippen molar-refractivity contribution in [1.29, 1.82) is 4.78 Å². The van der Waals surface area contributed by atoms with E-state index in [-0.39, 0.29) is 0 Å². The van der Waals surface area contributed by atoms with Gasteiger partial charge < -0.3 is 0 Å². The van der Waals surface area contributed by atoms with Crippen LogP contribution in [0.25, 0.3) is 0 Å². The summed E-state index contributed by atoms with van der Waals surface area (Å²) in [6.07, 6.45) is 6.31. The molecule has 0 saturated heterocycles. The lowest BCUT2D eigenvalue weighted by atomic mass is 9.91. The minimum absolute atomic E-state index is 0.531. The Balaban J connectivity index is 2.39. The Morgan fingerprint density at radius 2 is 1.92 bits per heavy atom. The van der Waals surface area contributed by atoms with Crippen LogP contribution in [-0.4, -0.2) is 15.7 Å². The van der Waals surface area contributed by atoms with Crippen LogP contribution >= 0.6 is 0 Å². The van der Waals surface area contributed by atoms with E-state index in [0.717, 1.165) is 0 Å². The molecule has 0 aromatic heterocycles. The van der Waals surface area contributed by atoms with E-state index in [4.69, 9.17) is 4.78 Å². The fourth-order valence-corrected chi connectivity index (χ4v) is 3.18. The minimum atomic E-state index is -2.22. The largest absolute Gasteiger partial charge is 0.253 e. The summed E-state index contributed by atoms with van der Waals surface area (Å²) in [6, 6.07) is 0. The molecule has 1 rings (SSSR count). The fourth-order valence-electron chi connectivity index (χ4n) is 1.85. The first-order chi connectivity index (χ1) is 5.64. The highest BCUT2D eigenvalue weighted by Gasteiger charge is 2.17. The zero-order valence-corrected chi connectivity index (χ0v) is 8.66. The molecule has 0 heterocycles. The molecule has 0 spiro atoms. The third-order valence-corrected chi connectivity index (χ3v) is 4.64. The van der Waals surface area contributed by atoms with Gasteiger partial charge in [-0.3, -0.25) is 4.78 Å². The van der Waals surface area contributed by atoms with Crippen LogP contribution in [0, 0.1) is 10.7 Å². The van der Waals surface area contributed by atoms with E-state index in [9.17, 15) is 4.21 Å². The van der Waals surface area contributed by atoms with Crippen LogP contribution in [0.15, 0.2) is 0 Å². The summed E-state index contributed by atoms with van der Waals surface area (Å²) >= 11 is 0. The zero-order chi connectivity index (χ0) is 9.03. The van der Waals surface area contributed by atoms with Gasteiger partial charge in [-0.2, -0.15) is 0 Å². The molecule has 1 aliphatic rings. The SMILES string of the molecule is CCS(=N)(=O)CC1CCCCC1. The van der Waals surface area contributed by atoms with Crippen LogP contribution in [0.5, 0.6) is 0 Å². The lowest BCUT2D eigenvalue weighted by Gasteiger charge is -2.21. The van der Waals surface area contributed by atoms with Gasteiger partial charge in [0, 0.05) is 21.2 Å². The third kappa shape index (κ3) is 3.13. The summed E-state index contributed by atoms with van der Waals surface area (Å²) in [5.74, 6) is 1.77. The van der Waals surface area contributed by atoms with Gasteiger partial charge in [0.1, 0.15) is 0 Å². The second-order valence-electron chi connectivity index (χ2n) is 3.77. The molecule has 12 heavy (non-hydrogen) atoms. The molecule has 0 aliphatic heterocycles.